The Hall–Kier alpha value is -2.88. The van der Waals surface area contributed by atoms with Crippen molar-refractivity contribution in [3.63, 3.8) is 0 Å². The second-order valence-electron chi connectivity index (χ2n) is 7.22. The highest BCUT2D eigenvalue weighted by atomic mass is 16.5. The number of rotatable bonds is 13. The number of anilines is 1. The van der Waals surface area contributed by atoms with Gasteiger partial charge in [0.1, 0.15) is 11.6 Å². The van der Waals surface area contributed by atoms with E-state index in [9.17, 15) is 19.6 Å². The number of hydrogen-bond donors (Lipinski definition) is 3. The zero-order chi connectivity index (χ0) is 22.7. The molecule has 0 bridgehead atoms. The quantitative estimate of drug-likeness (QED) is 0.252. The van der Waals surface area contributed by atoms with E-state index in [0.29, 0.717) is 17.2 Å². The minimum absolute atomic E-state index is 0.122. The number of amides is 3. The number of ether oxygens (including phenoxy) is 2. The van der Waals surface area contributed by atoms with E-state index in [1.165, 1.54) is 20.3 Å². The van der Waals surface area contributed by atoms with Gasteiger partial charge in [-0.05, 0) is 12.3 Å². The number of Topliss-reactive ketones (excluding diaryl/α,β-unsaturated/α-hetero) is 1. The van der Waals surface area contributed by atoms with Gasteiger partial charge in [0, 0.05) is 18.1 Å². The molecule has 0 aliphatic heterocycles. The molecule has 0 fully saturated rings. The van der Waals surface area contributed by atoms with Crippen molar-refractivity contribution in [2.24, 2.45) is 11.8 Å². The number of urea groups is 1. The summed E-state index contributed by atoms with van der Waals surface area (Å²) in [6.07, 6.45) is 2.38. The third-order valence-corrected chi connectivity index (χ3v) is 4.56. The van der Waals surface area contributed by atoms with E-state index in [4.69, 9.17) is 9.47 Å². The monoisotopic (exact) mass is 424 g/mol. The number of ketones is 1. The molecule has 0 unspecified atom stereocenters. The smallest absolute Gasteiger partial charge is 0.321 e. The number of carbonyl (C=O) groups excluding carboxylic acids is 3. The van der Waals surface area contributed by atoms with Crippen LogP contribution in [0.1, 0.15) is 40.0 Å². The fourth-order valence-electron chi connectivity index (χ4n) is 2.92. The Labute approximate surface area is 176 Å². The lowest BCUT2D eigenvalue weighted by Gasteiger charge is -2.27. The van der Waals surface area contributed by atoms with Gasteiger partial charge in [0.25, 0.3) is 0 Å². The molecule has 2 atom stereocenters. The van der Waals surface area contributed by atoms with E-state index in [1.54, 1.807) is 6.07 Å². The number of nitrogens with zero attached hydrogens (tertiary/aromatic N) is 2. The van der Waals surface area contributed by atoms with Crippen LogP contribution in [0.25, 0.3) is 0 Å². The standard InChI is InChI=1S/C20H32N4O6/c1-6-7-8-14(11-24(28)12-25)19(26)18(13(2)3)23-20(27)22-16-9-15(29-4)10-17(21-16)30-5/h9-10,12-14,18,28H,6-8,11H2,1-5H3,(H2,21,22,23,27)/t14-,18-/m0/s1. The zero-order valence-corrected chi connectivity index (χ0v) is 18.2. The molecule has 3 amide bonds. The Morgan fingerprint density at radius 2 is 1.97 bits per heavy atom. The second kappa shape index (κ2) is 12.6. The number of unbranched alkanes of at least 4 members (excludes halogenated alkanes) is 1. The van der Waals surface area contributed by atoms with Crippen LogP contribution in [-0.4, -0.2) is 60.3 Å². The largest absolute Gasteiger partial charge is 0.496 e. The summed E-state index contributed by atoms with van der Waals surface area (Å²) in [5.41, 5.74) is 0. The number of methoxy groups -OCH3 is 2. The zero-order valence-electron chi connectivity index (χ0n) is 18.2. The van der Waals surface area contributed by atoms with Gasteiger partial charge in [-0.1, -0.05) is 33.6 Å². The first-order valence-electron chi connectivity index (χ1n) is 9.87. The number of nitrogens with one attached hydrogen (secondary N) is 2. The summed E-state index contributed by atoms with van der Waals surface area (Å²) in [5.74, 6) is -0.136. The molecule has 0 saturated heterocycles. The van der Waals surface area contributed by atoms with Gasteiger partial charge in [-0.25, -0.2) is 9.86 Å². The third kappa shape index (κ3) is 7.86. The van der Waals surface area contributed by atoms with Crippen molar-refractivity contribution in [1.29, 1.82) is 0 Å². The molecule has 0 saturated carbocycles. The van der Waals surface area contributed by atoms with Crippen molar-refractivity contribution >= 4 is 24.0 Å². The summed E-state index contributed by atoms with van der Waals surface area (Å²) >= 11 is 0. The van der Waals surface area contributed by atoms with Gasteiger partial charge in [-0.3, -0.25) is 20.1 Å². The Morgan fingerprint density at radius 1 is 1.27 bits per heavy atom. The van der Waals surface area contributed by atoms with Crippen LogP contribution < -0.4 is 20.1 Å². The molecule has 1 heterocycles. The second-order valence-corrected chi connectivity index (χ2v) is 7.22. The van der Waals surface area contributed by atoms with Gasteiger partial charge < -0.3 is 14.8 Å². The van der Waals surface area contributed by atoms with Crippen molar-refractivity contribution in [2.45, 2.75) is 46.1 Å². The van der Waals surface area contributed by atoms with Crippen molar-refractivity contribution < 1.29 is 29.1 Å². The average Bonchev–Trinajstić information content (AvgIpc) is 2.73. The normalized spacial score (nSPS) is 12.6. The number of pyridine rings is 1. The van der Waals surface area contributed by atoms with E-state index >= 15 is 0 Å². The third-order valence-electron chi connectivity index (χ3n) is 4.56. The molecule has 30 heavy (non-hydrogen) atoms. The fourth-order valence-corrected chi connectivity index (χ4v) is 2.92. The van der Waals surface area contributed by atoms with Crippen LogP contribution in [0.3, 0.4) is 0 Å². The van der Waals surface area contributed by atoms with Gasteiger partial charge in [-0.2, -0.15) is 4.98 Å². The Morgan fingerprint density at radius 3 is 2.50 bits per heavy atom. The predicted molar refractivity (Wildman–Crippen MR) is 111 cm³/mol. The highest BCUT2D eigenvalue weighted by molar-refractivity contribution is 5.95. The molecule has 0 aliphatic carbocycles. The van der Waals surface area contributed by atoms with Crippen LogP contribution in [0.2, 0.25) is 0 Å². The van der Waals surface area contributed by atoms with Gasteiger partial charge in [0.05, 0.1) is 26.8 Å². The molecule has 10 heteroatoms. The maximum atomic E-state index is 13.1. The van der Waals surface area contributed by atoms with Gasteiger partial charge in [0.2, 0.25) is 12.3 Å². The Kier molecular flexibility index (Phi) is 10.6. The maximum absolute atomic E-state index is 13.1. The van der Waals surface area contributed by atoms with Crippen LogP contribution in [0.4, 0.5) is 10.6 Å². The Bertz CT molecular complexity index is 690. The number of hydroxylamine groups is 2. The molecular weight excluding hydrogens is 392 g/mol. The summed E-state index contributed by atoms with van der Waals surface area (Å²) in [6, 6.07) is 1.66. The lowest BCUT2D eigenvalue weighted by Crippen LogP contribution is -2.50. The van der Waals surface area contributed by atoms with Crippen molar-refractivity contribution in [2.75, 3.05) is 26.1 Å². The summed E-state index contributed by atoms with van der Waals surface area (Å²) in [5, 5.41) is 15.3. The summed E-state index contributed by atoms with van der Waals surface area (Å²) < 4.78 is 10.2. The molecule has 1 aromatic heterocycles. The van der Waals surface area contributed by atoms with Crippen LogP contribution >= 0.6 is 0 Å². The Balaban J connectivity index is 2.94. The maximum Gasteiger partial charge on any atom is 0.321 e. The lowest BCUT2D eigenvalue weighted by atomic mass is 9.87. The fraction of sp³-hybridized carbons (Fsp3) is 0.600. The molecule has 168 valence electrons. The van der Waals surface area contributed by atoms with Crippen LogP contribution in [0, 0.1) is 11.8 Å². The lowest BCUT2D eigenvalue weighted by molar-refractivity contribution is -0.154. The van der Waals surface area contributed by atoms with Gasteiger partial charge in [-0.15, -0.1) is 0 Å². The van der Waals surface area contributed by atoms with Gasteiger partial charge in [0.15, 0.2) is 5.78 Å². The topological polar surface area (TPSA) is 130 Å². The molecule has 3 N–H and O–H groups in total. The van der Waals surface area contributed by atoms with E-state index in [2.05, 4.69) is 15.6 Å². The molecule has 0 radical (unpaired) electrons. The van der Waals surface area contributed by atoms with E-state index in [-0.39, 0.29) is 36.4 Å². The summed E-state index contributed by atoms with van der Waals surface area (Å²) in [4.78, 5) is 40.5. The molecule has 0 aliphatic rings. The average molecular weight is 424 g/mol. The molecule has 1 rings (SSSR count). The van der Waals surface area contributed by atoms with E-state index in [0.717, 1.165) is 12.8 Å². The minimum Gasteiger partial charge on any atom is -0.496 e. The first-order valence-corrected chi connectivity index (χ1v) is 9.87. The minimum atomic E-state index is -0.806. The highest BCUT2D eigenvalue weighted by Gasteiger charge is 2.31. The first-order chi connectivity index (χ1) is 14.2. The van der Waals surface area contributed by atoms with Crippen molar-refractivity contribution in [1.82, 2.24) is 15.4 Å². The number of aromatic nitrogens is 1. The summed E-state index contributed by atoms with van der Waals surface area (Å²) in [6.45, 7) is 5.48. The number of carbonyl (C=O) groups is 3. The summed E-state index contributed by atoms with van der Waals surface area (Å²) in [7, 11) is 2.92. The number of hydrogen-bond acceptors (Lipinski definition) is 7. The SMILES string of the molecule is CCCC[C@@H](CN(O)C=O)C(=O)[C@@H](NC(=O)Nc1cc(OC)cc(OC)n1)C(C)C. The van der Waals surface area contributed by atoms with E-state index < -0.39 is 18.0 Å². The van der Waals surface area contributed by atoms with Crippen LogP contribution in [0.15, 0.2) is 12.1 Å². The van der Waals surface area contributed by atoms with Crippen LogP contribution in [0.5, 0.6) is 11.6 Å². The van der Waals surface area contributed by atoms with Crippen molar-refractivity contribution in [3.8, 4) is 11.6 Å². The molecular formula is C20H32N4O6. The molecule has 1 aromatic rings. The van der Waals surface area contributed by atoms with Crippen molar-refractivity contribution in [3.05, 3.63) is 12.1 Å². The molecule has 0 aromatic carbocycles. The molecule has 10 nitrogen and oxygen atoms in total. The van der Waals surface area contributed by atoms with Crippen LogP contribution in [-0.2, 0) is 9.59 Å². The highest BCUT2D eigenvalue weighted by Crippen LogP contribution is 2.22. The van der Waals surface area contributed by atoms with E-state index in [1.807, 2.05) is 20.8 Å². The first kappa shape index (κ1) is 25.2. The molecule has 0 spiro atoms. The predicted octanol–water partition coefficient (Wildman–Crippen LogP) is 2.47. The van der Waals surface area contributed by atoms with Gasteiger partial charge >= 0.3 is 6.03 Å².